The highest BCUT2D eigenvalue weighted by atomic mass is 19.1. The van der Waals surface area contributed by atoms with Crippen LogP contribution in [0.25, 0.3) is 10.9 Å². The molecule has 1 unspecified atom stereocenters. The van der Waals surface area contributed by atoms with Crippen LogP contribution in [-0.4, -0.2) is 11.5 Å². The summed E-state index contributed by atoms with van der Waals surface area (Å²) in [5, 5.41) is 0.847. The number of halogens is 1. The van der Waals surface area contributed by atoms with Crippen LogP contribution in [-0.2, 0) is 5.67 Å². The molecule has 16 heavy (non-hydrogen) atoms. The van der Waals surface area contributed by atoms with Crippen LogP contribution in [0.15, 0.2) is 36.5 Å². The van der Waals surface area contributed by atoms with E-state index in [1.807, 2.05) is 31.2 Å². The van der Waals surface area contributed by atoms with Gasteiger partial charge in [0.2, 0.25) is 0 Å². The lowest BCUT2D eigenvalue weighted by atomic mass is 9.90. The molecule has 2 N–H and O–H groups in total. The summed E-state index contributed by atoms with van der Waals surface area (Å²) in [7, 11) is 0. The van der Waals surface area contributed by atoms with Gasteiger partial charge in [-0.2, -0.15) is 0 Å². The zero-order valence-electron chi connectivity index (χ0n) is 9.28. The van der Waals surface area contributed by atoms with Gasteiger partial charge in [0.15, 0.2) is 0 Å². The van der Waals surface area contributed by atoms with Crippen molar-refractivity contribution in [2.45, 2.75) is 19.0 Å². The van der Waals surface area contributed by atoms with Crippen LogP contribution in [0.3, 0.4) is 0 Å². The maximum absolute atomic E-state index is 14.6. The summed E-state index contributed by atoms with van der Waals surface area (Å²) >= 11 is 0. The van der Waals surface area contributed by atoms with E-state index < -0.39 is 5.67 Å². The molecule has 0 bridgehead atoms. The van der Waals surface area contributed by atoms with Gasteiger partial charge >= 0.3 is 0 Å². The number of nitrogens with two attached hydrogens (primary N) is 1. The Kier molecular flexibility index (Phi) is 2.88. The Morgan fingerprint density at radius 1 is 1.31 bits per heavy atom. The summed E-state index contributed by atoms with van der Waals surface area (Å²) in [6.45, 7) is 1.81. The highest BCUT2D eigenvalue weighted by Gasteiger charge is 2.29. The van der Waals surface area contributed by atoms with Crippen LogP contribution >= 0.6 is 0 Å². The Balaban J connectivity index is 2.69. The van der Waals surface area contributed by atoms with E-state index in [1.54, 1.807) is 12.3 Å². The molecular formula is C13H15FN2. The first-order valence-corrected chi connectivity index (χ1v) is 5.44. The molecule has 0 saturated heterocycles. The van der Waals surface area contributed by atoms with Crippen molar-refractivity contribution in [3.05, 3.63) is 42.1 Å². The van der Waals surface area contributed by atoms with Crippen molar-refractivity contribution in [1.29, 1.82) is 0 Å². The van der Waals surface area contributed by atoms with Crippen LogP contribution in [0.4, 0.5) is 4.39 Å². The Hall–Kier alpha value is -1.48. The predicted octanol–water partition coefficient (Wildman–Crippen LogP) is 2.77. The van der Waals surface area contributed by atoms with E-state index in [0.717, 1.165) is 10.9 Å². The van der Waals surface area contributed by atoms with Gasteiger partial charge in [-0.1, -0.05) is 25.1 Å². The molecule has 1 aromatic carbocycles. The van der Waals surface area contributed by atoms with E-state index in [9.17, 15) is 4.39 Å². The molecular weight excluding hydrogens is 203 g/mol. The summed E-state index contributed by atoms with van der Waals surface area (Å²) in [5.74, 6) is 0. The Morgan fingerprint density at radius 3 is 2.81 bits per heavy atom. The van der Waals surface area contributed by atoms with Crippen LogP contribution < -0.4 is 5.73 Å². The van der Waals surface area contributed by atoms with E-state index in [0.29, 0.717) is 12.0 Å². The lowest BCUT2D eigenvalue weighted by molar-refractivity contribution is 0.171. The minimum absolute atomic E-state index is 0.00247. The Labute approximate surface area is 94.3 Å². The van der Waals surface area contributed by atoms with Gasteiger partial charge in [0.25, 0.3) is 0 Å². The maximum Gasteiger partial charge on any atom is 0.148 e. The van der Waals surface area contributed by atoms with E-state index in [-0.39, 0.29) is 6.54 Å². The molecule has 0 fully saturated rings. The van der Waals surface area contributed by atoms with E-state index in [2.05, 4.69) is 4.98 Å². The second kappa shape index (κ2) is 4.18. The Bertz CT molecular complexity index is 487. The van der Waals surface area contributed by atoms with Gasteiger partial charge in [0.05, 0.1) is 5.52 Å². The smallest absolute Gasteiger partial charge is 0.148 e. The standard InChI is InChI=1S/C13H15FN2/c1-2-13(14,9-15)11-6-3-7-12-10(11)5-4-8-16-12/h3-8H,2,9,15H2,1H3. The quantitative estimate of drug-likeness (QED) is 0.860. The molecule has 84 valence electrons. The average molecular weight is 218 g/mol. The van der Waals surface area contributed by atoms with Crippen molar-refractivity contribution < 1.29 is 4.39 Å². The van der Waals surface area contributed by atoms with Crippen LogP contribution in [0.1, 0.15) is 18.9 Å². The summed E-state index contributed by atoms with van der Waals surface area (Å²) in [4.78, 5) is 4.22. The molecule has 0 aliphatic heterocycles. The minimum Gasteiger partial charge on any atom is -0.327 e. The fraction of sp³-hybridized carbons (Fsp3) is 0.308. The molecule has 2 nitrogen and oxygen atoms in total. The molecule has 2 rings (SSSR count). The third-order valence-corrected chi connectivity index (χ3v) is 3.01. The zero-order valence-corrected chi connectivity index (χ0v) is 9.28. The van der Waals surface area contributed by atoms with Gasteiger partial charge in [-0.3, -0.25) is 4.98 Å². The first-order valence-electron chi connectivity index (χ1n) is 5.44. The summed E-state index contributed by atoms with van der Waals surface area (Å²) in [5.41, 5.74) is 5.54. The largest absolute Gasteiger partial charge is 0.327 e. The molecule has 3 heteroatoms. The van der Waals surface area contributed by atoms with Gasteiger partial charge < -0.3 is 5.73 Å². The SMILES string of the molecule is CCC(F)(CN)c1cccc2ncccc12. The molecule has 1 aromatic heterocycles. The van der Waals surface area contributed by atoms with E-state index >= 15 is 0 Å². The molecule has 0 amide bonds. The molecule has 1 heterocycles. The number of nitrogens with zero attached hydrogens (tertiary/aromatic N) is 1. The number of hydrogen-bond donors (Lipinski definition) is 1. The number of benzene rings is 1. The molecule has 0 aliphatic carbocycles. The Morgan fingerprint density at radius 2 is 2.12 bits per heavy atom. The average Bonchev–Trinajstić information content (AvgIpc) is 2.37. The number of pyridine rings is 1. The van der Waals surface area contributed by atoms with Gasteiger partial charge in [0.1, 0.15) is 5.67 Å². The topological polar surface area (TPSA) is 38.9 Å². The van der Waals surface area contributed by atoms with E-state index in [1.165, 1.54) is 0 Å². The normalized spacial score (nSPS) is 14.9. The lowest BCUT2D eigenvalue weighted by Crippen LogP contribution is -2.29. The van der Waals surface area contributed by atoms with Crippen LogP contribution in [0.5, 0.6) is 0 Å². The van der Waals surface area contributed by atoms with Gasteiger partial charge in [-0.15, -0.1) is 0 Å². The predicted molar refractivity (Wildman–Crippen MR) is 63.9 cm³/mol. The van der Waals surface area contributed by atoms with Crippen molar-refractivity contribution in [3.8, 4) is 0 Å². The fourth-order valence-corrected chi connectivity index (χ4v) is 1.94. The number of hydrogen-bond acceptors (Lipinski definition) is 2. The fourth-order valence-electron chi connectivity index (χ4n) is 1.94. The zero-order chi connectivity index (χ0) is 11.6. The molecule has 1 atom stereocenters. The van der Waals surface area contributed by atoms with Crippen LogP contribution in [0.2, 0.25) is 0 Å². The molecule has 0 radical (unpaired) electrons. The molecule has 0 saturated carbocycles. The van der Waals surface area contributed by atoms with Crippen molar-refractivity contribution in [1.82, 2.24) is 4.98 Å². The second-order valence-electron chi connectivity index (χ2n) is 3.90. The first-order chi connectivity index (χ1) is 7.71. The number of rotatable bonds is 3. The highest BCUT2D eigenvalue weighted by molar-refractivity contribution is 5.82. The second-order valence-corrected chi connectivity index (χ2v) is 3.90. The van der Waals surface area contributed by atoms with Crippen molar-refractivity contribution in [3.63, 3.8) is 0 Å². The maximum atomic E-state index is 14.6. The van der Waals surface area contributed by atoms with Crippen LogP contribution in [0, 0.1) is 0 Å². The van der Waals surface area contributed by atoms with Gasteiger partial charge in [0, 0.05) is 18.1 Å². The number of alkyl halides is 1. The van der Waals surface area contributed by atoms with Gasteiger partial charge in [-0.05, 0) is 24.1 Å². The highest BCUT2D eigenvalue weighted by Crippen LogP contribution is 2.33. The minimum atomic E-state index is -1.46. The monoisotopic (exact) mass is 218 g/mol. The van der Waals surface area contributed by atoms with Crippen molar-refractivity contribution in [2.24, 2.45) is 5.73 Å². The molecule has 0 aliphatic rings. The number of aromatic nitrogens is 1. The summed E-state index contributed by atoms with van der Waals surface area (Å²) < 4.78 is 14.6. The molecule has 2 aromatic rings. The third kappa shape index (κ3) is 1.67. The van der Waals surface area contributed by atoms with Gasteiger partial charge in [-0.25, -0.2) is 4.39 Å². The van der Waals surface area contributed by atoms with Crippen molar-refractivity contribution in [2.75, 3.05) is 6.54 Å². The molecule has 0 spiro atoms. The summed E-state index contributed by atoms with van der Waals surface area (Å²) in [6.07, 6.45) is 2.08. The number of fused-ring (bicyclic) bond motifs is 1. The summed E-state index contributed by atoms with van der Waals surface area (Å²) in [6, 6.07) is 9.20. The first kappa shape index (κ1) is 11.0. The van der Waals surface area contributed by atoms with Crippen molar-refractivity contribution >= 4 is 10.9 Å². The third-order valence-electron chi connectivity index (χ3n) is 3.01. The van der Waals surface area contributed by atoms with E-state index in [4.69, 9.17) is 5.73 Å². The lowest BCUT2D eigenvalue weighted by Gasteiger charge is -2.23.